The van der Waals surface area contributed by atoms with E-state index >= 15 is 0 Å². The molecule has 2 saturated heterocycles. The molecule has 3 rings (SSSR count). The predicted octanol–water partition coefficient (Wildman–Crippen LogP) is 0.782. The molecule has 2 fully saturated rings. The van der Waals surface area contributed by atoms with Crippen LogP contribution in [0.3, 0.4) is 0 Å². The van der Waals surface area contributed by atoms with Crippen molar-refractivity contribution in [3.63, 3.8) is 0 Å². The highest BCUT2D eigenvalue weighted by Crippen LogP contribution is 2.20. The highest BCUT2D eigenvalue weighted by molar-refractivity contribution is 4.86. The molecule has 0 aromatic carbocycles. The highest BCUT2D eigenvalue weighted by Gasteiger charge is 2.28. The van der Waals surface area contributed by atoms with Gasteiger partial charge in [0.15, 0.2) is 6.33 Å². The maximum absolute atomic E-state index is 5.03. The van der Waals surface area contributed by atoms with Gasteiger partial charge in [0.1, 0.15) is 0 Å². The van der Waals surface area contributed by atoms with Crippen LogP contribution in [-0.4, -0.2) is 58.7 Å². The number of rotatable bonds is 3. The molecule has 0 radical (unpaired) electrons. The predicted molar refractivity (Wildman–Crippen MR) is 63.7 cm³/mol. The van der Waals surface area contributed by atoms with Gasteiger partial charge in [-0.3, -0.25) is 9.80 Å². The SMILES string of the molecule is c1noc(CCN2CCN3CCCCC3C2)n1. The van der Waals surface area contributed by atoms with E-state index < -0.39 is 0 Å². The summed E-state index contributed by atoms with van der Waals surface area (Å²) in [7, 11) is 0. The third-order valence-corrected chi connectivity index (χ3v) is 3.97. The molecule has 2 aliphatic heterocycles. The number of fused-ring (bicyclic) bond motifs is 1. The highest BCUT2D eigenvalue weighted by atomic mass is 16.5. The fourth-order valence-corrected chi connectivity index (χ4v) is 2.98. The molecule has 0 amide bonds. The summed E-state index contributed by atoms with van der Waals surface area (Å²) in [6, 6.07) is 0.792. The molecule has 0 spiro atoms. The zero-order valence-corrected chi connectivity index (χ0v) is 10.2. The molecule has 0 saturated carbocycles. The van der Waals surface area contributed by atoms with Crippen molar-refractivity contribution in [3.8, 4) is 0 Å². The summed E-state index contributed by atoms with van der Waals surface area (Å²) in [5.74, 6) is 0.760. The van der Waals surface area contributed by atoms with E-state index in [-0.39, 0.29) is 0 Å². The smallest absolute Gasteiger partial charge is 0.227 e. The van der Waals surface area contributed by atoms with Crippen molar-refractivity contribution in [1.29, 1.82) is 0 Å². The molecule has 0 N–H and O–H groups in total. The topological polar surface area (TPSA) is 45.4 Å². The van der Waals surface area contributed by atoms with E-state index in [0.29, 0.717) is 0 Å². The van der Waals surface area contributed by atoms with Crippen molar-refractivity contribution in [2.45, 2.75) is 31.7 Å². The lowest BCUT2D eigenvalue weighted by Gasteiger charge is -2.44. The molecule has 1 aromatic heterocycles. The lowest BCUT2D eigenvalue weighted by atomic mass is 9.99. The first kappa shape index (κ1) is 11.2. The minimum atomic E-state index is 0.760. The van der Waals surface area contributed by atoms with Gasteiger partial charge in [-0.05, 0) is 19.4 Å². The van der Waals surface area contributed by atoms with E-state index in [4.69, 9.17) is 4.52 Å². The second-order valence-electron chi connectivity index (χ2n) is 5.07. The number of piperidine rings is 1. The van der Waals surface area contributed by atoms with Crippen LogP contribution in [0.25, 0.3) is 0 Å². The van der Waals surface area contributed by atoms with Crippen LogP contribution in [0.5, 0.6) is 0 Å². The number of hydrogen-bond acceptors (Lipinski definition) is 5. The Morgan fingerprint density at radius 1 is 1.29 bits per heavy atom. The molecule has 0 aliphatic carbocycles. The molecule has 1 unspecified atom stereocenters. The van der Waals surface area contributed by atoms with Crippen LogP contribution in [0.1, 0.15) is 25.2 Å². The molecule has 1 atom stereocenters. The first-order chi connectivity index (χ1) is 8.42. The van der Waals surface area contributed by atoms with E-state index in [0.717, 1.165) is 24.9 Å². The van der Waals surface area contributed by atoms with Gasteiger partial charge >= 0.3 is 0 Å². The van der Waals surface area contributed by atoms with Crippen LogP contribution in [0.4, 0.5) is 0 Å². The number of piperazine rings is 1. The lowest BCUT2D eigenvalue weighted by Crippen LogP contribution is -2.55. The Morgan fingerprint density at radius 2 is 2.29 bits per heavy atom. The van der Waals surface area contributed by atoms with Gasteiger partial charge in [0.2, 0.25) is 5.89 Å². The molecule has 2 aliphatic rings. The fourth-order valence-electron chi connectivity index (χ4n) is 2.98. The Bertz CT molecular complexity index is 340. The van der Waals surface area contributed by atoms with E-state index in [9.17, 15) is 0 Å². The second kappa shape index (κ2) is 5.14. The molecular weight excluding hydrogens is 216 g/mol. The van der Waals surface area contributed by atoms with Gasteiger partial charge in [-0.25, -0.2) is 0 Å². The number of nitrogens with zero attached hydrogens (tertiary/aromatic N) is 4. The normalized spacial score (nSPS) is 26.9. The van der Waals surface area contributed by atoms with Crippen molar-refractivity contribution < 1.29 is 4.52 Å². The van der Waals surface area contributed by atoms with E-state index in [1.807, 2.05) is 0 Å². The average molecular weight is 236 g/mol. The molecule has 17 heavy (non-hydrogen) atoms. The molecular formula is C12H20N4O. The van der Waals surface area contributed by atoms with Gasteiger partial charge in [-0.2, -0.15) is 4.98 Å². The largest absolute Gasteiger partial charge is 0.340 e. The van der Waals surface area contributed by atoms with Gasteiger partial charge in [-0.15, -0.1) is 0 Å². The summed E-state index contributed by atoms with van der Waals surface area (Å²) in [5.41, 5.74) is 0. The van der Waals surface area contributed by atoms with Crippen molar-refractivity contribution in [2.24, 2.45) is 0 Å². The number of hydrogen-bond donors (Lipinski definition) is 0. The maximum atomic E-state index is 5.03. The molecule has 1 aromatic rings. The summed E-state index contributed by atoms with van der Waals surface area (Å²) in [6.45, 7) is 5.99. The van der Waals surface area contributed by atoms with Gasteiger partial charge in [0.25, 0.3) is 0 Å². The Kier molecular flexibility index (Phi) is 3.38. The van der Waals surface area contributed by atoms with Gasteiger partial charge in [0, 0.05) is 38.6 Å². The summed E-state index contributed by atoms with van der Waals surface area (Å²) in [5, 5.41) is 3.64. The van der Waals surface area contributed by atoms with Crippen molar-refractivity contribution >= 4 is 0 Å². The Hall–Kier alpha value is -0.940. The Labute approximate surface area is 102 Å². The van der Waals surface area contributed by atoms with E-state index in [2.05, 4.69) is 19.9 Å². The molecule has 5 heteroatoms. The minimum absolute atomic E-state index is 0.760. The third-order valence-electron chi connectivity index (χ3n) is 3.97. The van der Waals surface area contributed by atoms with Gasteiger partial charge in [-0.1, -0.05) is 11.6 Å². The first-order valence-corrected chi connectivity index (χ1v) is 6.64. The van der Waals surface area contributed by atoms with Crippen molar-refractivity contribution in [2.75, 3.05) is 32.7 Å². The second-order valence-corrected chi connectivity index (χ2v) is 5.07. The molecule has 5 nitrogen and oxygen atoms in total. The average Bonchev–Trinajstić information content (AvgIpc) is 2.89. The zero-order valence-electron chi connectivity index (χ0n) is 10.2. The maximum Gasteiger partial charge on any atom is 0.227 e. The van der Waals surface area contributed by atoms with Crippen LogP contribution in [0.2, 0.25) is 0 Å². The van der Waals surface area contributed by atoms with Gasteiger partial charge in [0.05, 0.1) is 0 Å². The molecule has 0 bridgehead atoms. The van der Waals surface area contributed by atoms with Crippen LogP contribution in [0.15, 0.2) is 10.9 Å². The van der Waals surface area contributed by atoms with Gasteiger partial charge < -0.3 is 4.52 Å². The first-order valence-electron chi connectivity index (χ1n) is 6.64. The van der Waals surface area contributed by atoms with Crippen LogP contribution in [-0.2, 0) is 6.42 Å². The van der Waals surface area contributed by atoms with Crippen LogP contribution in [0, 0.1) is 0 Å². The summed E-state index contributed by atoms with van der Waals surface area (Å²) >= 11 is 0. The standard InChI is InChI=1S/C12H20N4O/c1-2-5-16-8-7-15(9-11(16)3-1)6-4-12-13-10-14-17-12/h10-11H,1-9H2. The Morgan fingerprint density at radius 3 is 3.18 bits per heavy atom. The molecule has 94 valence electrons. The van der Waals surface area contributed by atoms with E-state index in [1.165, 1.54) is 51.8 Å². The summed E-state index contributed by atoms with van der Waals surface area (Å²) < 4.78 is 5.03. The summed E-state index contributed by atoms with van der Waals surface area (Å²) in [6.07, 6.45) is 6.52. The monoisotopic (exact) mass is 236 g/mol. The lowest BCUT2D eigenvalue weighted by molar-refractivity contribution is 0.0491. The molecule has 3 heterocycles. The zero-order chi connectivity index (χ0) is 11.5. The quantitative estimate of drug-likeness (QED) is 0.776. The van der Waals surface area contributed by atoms with Crippen LogP contribution >= 0.6 is 0 Å². The fraction of sp³-hybridized carbons (Fsp3) is 0.833. The summed E-state index contributed by atoms with van der Waals surface area (Å²) in [4.78, 5) is 9.27. The van der Waals surface area contributed by atoms with E-state index in [1.54, 1.807) is 0 Å². The third kappa shape index (κ3) is 2.66. The van der Waals surface area contributed by atoms with Crippen molar-refractivity contribution in [1.82, 2.24) is 19.9 Å². The Balaban J connectivity index is 1.48. The van der Waals surface area contributed by atoms with Crippen molar-refractivity contribution in [3.05, 3.63) is 12.2 Å². The number of aromatic nitrogens is 2. The minimum Gasteiger partial charge on any atom is -0.340 e. The van der Waals surface area contributed by atoms with Crippen LogP contribution < -0.4 is 0 Å².